The highest BCUT2D eigenvalue weighted by molar-refractivity contribution is 6.14. The first kappa shape index (κ1) is 17.2. The van der Waals surface area contributed by atoms with Crippen LogP contribution in [-0.4, -0.2) is 47.2 Å². The Bertz CT molecular complexity index is 716. The Morgan fingerprint density at radius 3 is 2.64 bits per heavy atom. The number of benzene rings is 1. The average Bonchev–Trinajstić information content (AvgIpc) is 3.19. The molecule has 0 radical (unpaired) electrons. The summed E-state index contributed by atoms with van der Waals surface area (Å²) in [6.45, 7) is 1.78. The zero-order valence-corrected chi connectivity index (χ0v) is 13.9. The van der Waals surface area contributed by atoms with Crippen molar-refractivity contribution in [1.82, 2.24) is 4.90 Å². The number of furan rings is 1. The average molecular weight is 344 g/mol. The van der Waals surface area contributed by atoms with Crippen LogP contribution in [0.2, 0.25) is 0 Å². The summed E-state index contributed by atoms with van der Waals surface area (Å²) >= 11 is 0. The molecule has 1 aliphatic rings. The van der Waals surface area contributed by atoms with Crippen LogP contribution in [-0.2, 0) is 16.1 Å². The smallest absolute Gasteiger partial charge is 0.332 e. The molecule has 2 aromatic rings. The maximum Gasteiger partial charge on any atom is 0.332 e. The summed E-state index contributed by atoms with van der Waals surface area (Å²) < 4.78 is 10.5. The van der Waals surface area contributed by atoms with Crippen LogP contribution in [0.5, 0.6) is 0 Å². The van der Waals surface area contributed by atoms with Crippen molar-refractivity contribution in [2.45, 2.75) is 25.7 Å². The van der Waals surface area contributed by atoms with E-state index in [4.69, 9.17) is 9.15 Å². The molecule has 0 unspecified atom stereocenters. The number of carbonyl (C=O) groups is 2. The molecule has 1 aliphatic heterocycles. The SMILES string of the molecule is C[C@@H]1C(=O)N(C[C@@H](O)COCc2ccco2)C(=O)N1c1ccccc1. The Labute approximate surface area is 145 Å². The zero-order valence-electron chi connectivity index (χ0n) is 13.9. The molecule has 3 amide bonds. The first-order valence-electron chi connectivity index (χ1n) is 8.05. The highest BCUT2D eigenvalue weighted by atomic mass is 16.5. The molecule has 0 spiro atoms. The van der Waals surface area contributed by atoms with Crippen molar-refractivity contribution in [3.05, 3.63) is 54.5 Å². The molecule has 2 atom stereocenters. The largest absolute Gasteiger partial charge is 0.467 e. The number of para-hydroxylation sites is 1. The van der Waals surface area contributed by atoms with Crippen LogP contribution >= 0.6 is 0 Å². The summed E-state index contributed by atoms with van der Waals surface area (Å²) in [7, 11) is 0. The number of amides is 3. The lowest BCUT2D eigenvalue weighted by atomic mass is 10.2. The van der Waals surface area contributed by atoms with E-state index in [1.54, 1.807) is 43.3 Å². The molecule has 7 nitrogen and oxygen atoms in total. The minimum atomic E-state index is -0.967. The van der Waals surface area contributed by atoms with Crippen LogP contribution in [0.3, 0.4) is 0 Å². The number of rotatable bonds is 7. The topological polar surface area (TPSA) is 83.2 Å². The van der Waals surface area contributed by atoms with Crippen LogP contribution in [0.15, 0.2) is 53.1 Å². The highest BCUT2D eigenvalue weighted by Gasteiger charge is 2.43. The summed E-state index contributed by atoms with van der Waals surface area (Å²) in [4.78, 5) is 27.5. The maximum absolute atomic E-state index is 12.6. The van der Waals surface area contributed by atoms with Crippen molar-refractivity contribution in [3.8, 4) is 0 Å². The van der Waals surface area contributed by atoms with Gasteiger partial charge in [-0.05, 0) is 31.2 Å². The molecule has 2 heterocycles. The monoisotopic (exact) mass is 344 g/mol. The van der Waals surface area contributed by atoms with E-state index in [0.29, 0.717) is 11.4 Å². The van der Waals surface area contributed by atoms with Gasteiger partial charge in [-0.2, -0.15) is 0 Å². The number of imide groups is 1. The number of hydrogen-bond acceptors (Lipinski definition) is 5. The van der Waals surface area contributed by atoms with Crippen LogP contribution < -0.4 is 4.90 Å². The minimum Gasteiger partial charge on any atom is -0.467 e. The van der Waals surface area contributed by atoms with E-state index in [1.165, 1.54) is 11.2 Å². The Morgan fingerprint density at radius 1 is 1.20 bits per heavy atom. The van der Waals surface area contributed by atoms with Crippen LogP contribution in [0, 0.1) is 0 Å². The normalized spacial score (nSPS) is 18.9. The molecule has 1 aromatic heterocycles. The highest BCUT2D eigenvalue weighted by Crippen LogP contribution is 2.25. The minimum absolute atomic E-state index is 0.00250. The van der Waals surface area contributed by atoms with Crippen LogP contribution in [0.1, 0.15) is 12.7 Å². The van der Waals surface area contributed by atoms with Gasteiger partial charge in [0.1, 0.15) is 18.4 Å². The quantitative estimate of drug-likeness (QED) is 0.777. The van der Waals surface area contributed by atoms with Gasteiger partial charge in [0.05, 0.1) is 25.5 Å². The molecule has 1 fully saturated rings. The van der Waals surface area contributed by atoms with Gasteiger partial charge in [0.25, 0.3) is 5.91 Å². The number of nitrogens with zero attached hydrogens (tertiary/aromatic N) is 2. The van der Waals surface area contributed by atoms with Gasteiger partial charge in [0.15, 0.2) is 0 Å². The van der Waals surface area contributed by atoms with Crippen molar-refractivity contribution in [2.75, 3.05) is 18.1 Å². The number of carbonyl (C=O) groups excluding carboxylic acids is 2. The van der Waals surface area contributed by atoms with Crippen molar-refractivity contribution < 1.29 is 23.8 Å². The van der Waals surface area contributed by atoms with Crippen molar-refractivity contribution in [3.63, 3.8) is 0 Å². The fourth-order valence-corrected chi connectivity index (χ4v) is 2.77. The second-order valence-corrected chi connectivity index (χ2v) is 5.86. The van der Waals surface area contributed by atoms with Crippen molar-refractivity contribution in [1.29, 1.82) is 0 Å². The number of ether oxygens (including phenoxy) is 1. The van der Waals surface area contributed by atoms with Gasteiger partial charge in [-0.1, -0.05) is 18.2 Å². The first-order valence-corrected chi connectivity index (χ1v) is 8.05. The molecule has 0 bridgehead atoms. The lowest BCUT2D eigenvalue weighted by Gasteiger charge is -2.20. The molecule has 1 aromatic carbocycles. The van der Waals surface area contributed by atoms with E-state index in [2.05, 4.69) is 0 Å². The summed E-state index contributed by atoms with van der Waals surface area (Å²) in [6, 6.07) is 11.5. The summed E-state index contributed by atoms with van der Waals surface area (Å²) in [5, 5.41) is 10.1. The number of urea groups is 1. The second kappa shape index (κ2) is 7.50. The Balaban J connectivity index is 1.58. The van der Waals surface area contributed by atoms with Gasteiger partial charge >= 0.3 is 6.03 Å². The third-order valence-electron chi connectivity index (χ3n) is 4.01. The molecule has 0 saturated carbocycles. The molecule has 1 N–H and O–H groups in total. The fraction of sp³-hybridized carbons (Fsp3) is 0.333. The molecule has 25 heavy (non-hydrogen) atoms. The third-order valence-corrected chi connectivity index (χ3v) is 4.01. The number of hydrogen-bond donors (Lipinski definition) is 1. The lowest BCUT2D eigenvalue weighted by Crippen LogP contribution is -2.40. The molecule has 0 aliphatic carbocycles. The predicted molar refractivity (Wildman–Crippen MR) is 89.9 cm³/mol. The lowest BCUT2D eigenvalue weighted by molar-refractivity contribution is -0.128. The van der Waals surface area contributed by atoms with E-state index in [-0.39, 0.29) is 25.7 Å². The second-order valence-electron chi connectivity index (χ2n) is 5.86. The van der Waals surface area contributed by atoms with Crippen molar-refractivity contribution in [2.24, 2.45) is 0 Å². The standard InChI is InChI=1S/C18H20N2O5/c1-13-17(22)19(18(23)20(13)14-6-3-2-4-7-14)10-15(21)11-24-12-16-8-5-9-25-16/h2-9,13,15,21H,10-12H2,1H3/t13-,15-/m1/s1. The Morgan fingerprint density at radius 2 is 1.96 bits per heavy atom. The molecule has 3 rings (SSSR count). The van der Waals surface area contributed by atoms with Gasteiger partial charge in [-0.3, -0.25) is 14.6 Å². The Hall–Kier alpha value is -2.64. The summed E-state index contributed by atoms with van der Waals surface area (Å²) in [5.74, 6) is 0.309. The first-order chi connectivity index (χ1) is 12.1. The van der Waals surface area contributed by atoms with E-state index < -0.39 is 18.2 Å². The molecule has 132 valence electrons. The maximum atomic E-state index is 12.6. The summed E-state index contributed by atoms with van der Waals surface area (Å²) in [5.41, 5.74) is 0.652. The van der Waals surface area contributed by atoms with Gasteiger partial charge in [-0.15, -0.1) is 0 Å². The molecular weight excluding hydrogens is 324 g/mol. The van der Waals surface area contributed by atoms with E-state index in [0.717, 1.165) is 4.90 Å². The van der Waals surface area contributed by atoms with Gasteiger partial charge in [-0.25, -0.2) is 4.79 Å². The van der Waals surface area contributed by atoms with E-state index >= 15 is 0 Å². The van der Waals surface area contributed by atoms with Gasteiger partial charge in [0.2, 0.25) is 0 Å². The third kappa shape index (κ3) is 3.72. The van der Waals surface area contributed by atoms with E-state index in [1.807, 2.05) is 6.07 Å². The van der Waals surface area contributed by atoms with E-state index in [9.17, 15) is 14.7 Å². The van der Waals surface area contributed by atoms with Crippen LogP contribution in [0.25, 0.3) is 0 Å². The molecule has 1 saturated heterocycles. The predicted octanol–water partition coefficient (Wildman–Crippen LogP) is 2.01. The van der Waals surface area contributed by atoms with Crippen molar-refractivity contribution >= 4 is 17.6 Å². The van der Waals surface area contributed by atoms with Crippen LogP contribution in [0.4, 0.5) is 10.5 Å². The summed E-state index contributed by atoms with van der Waals surface area (Å²) in [6.07, 6.45) is 0.571. The number of aliphatic hydroxyl groups excluding tert-OH is 1. The number of aliphatic hydroxyl groups is 1. The van der Waals surface area contributed by atoms with Gasteiger partial charge < -0.3 is 14.3 Å². The van der Waals surface area contributed by atoms with Gasteiger partial charge in [0, 0.05) is 5.69 Å². The number of anilines is 1. The molecule has 7 heteroatoms. The number of β-amino-alcohol motifs (C(OH)–C–C–N with tert-alkyl or cyclic N) is 1. The Kier molecular flexibility index (Phi) is 5.16. The molecular formula is C18H20N2O5. The zero-order chi connectivity index (χ0) is 17.8. The fourth-order valence-electron chi connectivity index (χ4n) is 2.77.